The van der Waals surface area contributed by atoms with Crippen LogP contribution in [-0.2, 0) is 9.59 Å². The predicted molar refractivity (Wildman–Crippen MR) is 80.9 cm³/mol. The molecule has 1 aliphatic heterocycles. The molecule has 3 rings (SSSR count). The normalized spacial score (nSPS) is 16.5. The smallest absolute Gasteiger partial charge is 0.352 e. The molecule has 2 heterocycles. The molecule has 8 heteroatoms. The Labute approximate surface area is 136 Å². The fourth-order valence-electron chi connectivity index (χ4n) is 3.02. The second-order valence-corrected chi connectivity index (χ2v) is 5.64. The number of aromatic nitrogens is 1. The Morgan fingerprint density at radius 3 is 2.62 bits per heavy atom. The van der Waals surface area contributed by atoms with E-state index < -0.39 is 17.8 Å². The fraction of sp³-hybridized carbons (Fsp3) is 0.312. The van der Waals surface area contributed by atoms with Crippen LogP contribution in [0.15, 0.2) is 34.5 Å². The highest BCUT2D eigenvalue weighted by atomic mass is 19.1. The summed E-state index contributed by atoms with van der Waals surface area (Å²) in [6, 6.07) is 4.24. The van der Waals surface area contributed by atoms with Gasteiger partial charge in [-0.3, -0.25) is 0 Å². The van der Waals surface area contributed by atoms with Crippen molar-refractivity contribution < 1.29 is 28.7 Å². The predicted octanol–water partition coefficient (Wildman–Crippen LogP) is 2.20. The molecule has 2 aromatic rings. The number of fused-ring (bicyclic) bond motifs is 1. The molecular weight excluding hydrogens is 319 g/mol. The van der Waals surface area contributed by atoms with Crippen LogP contribution in [-0.4, -0.2) is 45.3 Å². The number of likely N-dealkylation sites (tertiary alicyclic amines) is 1. The Kier molecular flexibility index (Phi) is 4.20. The summed E-state index contributed by atoms with van der Waals surface area (Å²) in [5.41, 5.74) is 0.876. The van der Waals surface area contributed by atoms with Crippen LogP contribution in [0.25, 0.3) is 11.0 Å². The molecule has 0 atom stereocenters. The monoisotopic (exact) mass is 334 g/mol. The molecule has 126 valence electrons. The number of carboxylic acids is 2. The molecule has 2 N–H and O–H groups in total. The lowest BCUT2D eigenvalue weighted by atomic mass is 9.91. The molecule has 0 amide bonds. The number of rotatable bonds is 4. The van der Waals surface area contributed by atoms with Gasteiger partial charge in [0, 0.05) is 30.5 Å². The number of benzene rings is 1. The van der Waals surface area contributed by atoms with Gasteiger partial charge in [0.1, 0.15) is 11.5 Å². The summed E-state index contributed by atoms with van der Waals surface area (Å²) in [5.74, 6) is -2.91. The zero-order chi connectivity index (χ0) is 17.3. The van der Waals surface area contributed by atoms with Gasteiger partial charge >= 0.3 is 11.9 Å². The van der Waals surface area contributed by atoms with E-state index in [2.05, 4.69) is 5.16 Å². The van der Waals surface area contributed by atoms with E-state index in [4.69, 9.17) is 14.7 Å². The van der Waals surface area contributed by atoms with Gasteiger partial charge in [0.2, 0.25) is 0 Å². The first kappa shape index (κ1) is 16.0. The molecule has 0 radical (unpaired) electrons. The first-order valence-corrected chi connectivity index (χ1v) is 7.43. The molecular formula is C16H15FN2O5. The minimum atomic E-state index is -1.29. The minimum Gasteiger partial charge on any atom is -0.478 e. The van der Waals surface area contributed by atoms with Gasteiger partial charge in [0.15, 0.2) is 5.58 Å². The summed E-state index contributed by atoms with van der Waals surface area (Å²) in [6.45, 7) is 0.789. The van der Waals surface area contributed by atoms with Crippen molar-refractivity contribution in [2.24, 2.45) is 0 Å². The third kappa shape index (κ3) is 3.08. The van der Waals surface area contributed by atoms with E-state index in [1.54, 1.807) is 6.07 Å². The van der Waals surface area contributed by atoms with E-state index in [0.29, 0.717) is 37.6 Å². The number of carboxylic acid groups (broad SMARTS) is 2. The van der Waals surface area contributed by atoms with Crippen molar-refractivity contribution >= 4 is 22.9 Å². The van der Waals surface area contributed by atoms with Gasteiger partial charge < -0.3 is 19.6 Å². The molecule has 1 aromatic heterocycles. The lowest BCUT2D eigenvalue weighted by Crippen LogP contribution is -2.35. The first-order chi connectivity index (χ1) is 11.5. The summed E-state index contributed by atoms with van der Waals surface area (Å²) in [5, 5.41) is 22.7. The standard InChI is InChI=1S/C16H15FN2O5/c17-10-1-2-11-13(7-10)24-18-15(11)9-3-5-19(6-4-9)12(16(22)23)8-14(20)21/h1-2,7-9H,3-6H2,(H,20,21)(H,22,23). The molecule has 0 saturated carbocycles. The number of hydrogen-bond acceptors (Lipinski definition) is 5. The van der Waals surface area contributed by atoms with Crippen LogP contribution in [0.3, 0.4) is 0 Å². The average Bonchev–Trinajstić information content (AvgIpc) is 2.95. The molecule has 24 heavy (non-hydrogen) atoms. The maximum absolute atomic E-state index is 13.2. The summed E-state index contributed by atoms with van der Waals surface area (Å²) < 4.78 is 18.4. The van der Waals surface area contributed by atoms with Gasteiger partial charge in [-0.05, 0) is 25.0 Å². The average molecular weight is 334 g/mol. The maximum atomic E-state index is 13.2. The number of nitrogens with zero attached hydrogens (tertiary/aromatic N) is 2. The van der Waals surface area contributed by atoms with Crippen LogP contribution in [0.5, 0.6) is 0 Å². The maximum Gasteiger partial charge on any atom is 0.352 e. The Hall–Kier alpha value is -2.90. The van der Waals surface area contributed by atoms with Gasteiger partial charge in [-0.25, -0.2) is 14.0 Å². The number of carbonyl (C=O) groups is 2. The number of aliphatic carboxylic acids is 2. The molecule has 0 aliphatic carbocycles. The third-order valence-electron chi connectivity index (χ3n) is 4.16. The second-order valence-electron chi connectivity index (χ2n) is 5.64. The quantitative estimate of drug-likeness (QED) is 0.826. The Morgan fingerprint density at radius 1 is 1.29 bits per heavy atom. The van der Waals surface area contributed by atoms with Gasteiger partial charge in [0.05, 0.1) is 11.8 Å². The summed E-state index contributed by atoms with van der Waals surface area (Å²) in [7, 11) is 0. The highest BCUT2D eigenvalue weighted by molar-refractivity contribution is 5.94. The van der Waals surface area contributed by atoms with E-state index in [1.165, 1.54) is 17.0 Å². The molecule has 1 aromatic carbocycles. The molecule has 0 spiro atoms. The lowest BCUT2D eigenvalue weighted by molar-refractivity contribution is -0.136. The number of hydrogen-bond donors (Lipinski definition) is 2. The zero-order valence-electron chi connectivity index (χ0n) is 12.6. The summed E-state index contributed by atoms with van der Waals surface area (Å²) in [4.78, 5) is 23.5. The second kappa shape index (κ2) is 6.31. The van der Waals surface area contributed by atoms with E-state index in [1.807, 2.05) is 0 Å². The van der Waals surface area contributed by atoms with E-state index in [0.717, 1.165) is 11.1 Å². The molecule has 1 aliphatic rings. The van der Waals surface area contributed by atoms with Crippen molar-refractivity contribution in [1.29, 1.82) is 0 Å². The SMILES string of the molecule is O=C(O)C=C(C(=O)O)N1CCC(c2noc3cc(F)ccc23)CC1. The van der Waals surface area contributed by atoms with Gasteiger partial charge in [-0.1, -0.05) is 5.16 Å². The summed E-state index contributed by atoms with van der Waals surface area (Å²) in [6.07, 6.45) is 1.91. The topological polar surface area (TPSA) is 104 Å². The number of halogens is 1. The third-order valence-corrected chi connectivity index (χ3v) is 4.16. The largest absolute Gasteiger partial charge is 0.478 e. The molecule has 1 fully saturated rings. The lowest BCUT2D eigenvalue weighted by Gasteiger charge is -2.32. The van der Waals surface area contributed by atoms with Crippen LogP contribution in [0.4, 0.5) is 4.39 Å². The van der Waals surface area contributed by atoms with Crippen LogP contribution in [0.1, 0.15) is 24.5 Å². The summed E-state index contributed by atoms with van der Waals surface area (Å²) >= 11 is 0. The zero-order valence-corrected chi connectivity index (χ0v) is 12.6. The highest BCUT2D eigenvalue weighted by Gasteiger charge is 2.28. The van der Waals surface area contributed by atoms with Crippen LogP contribution in [0, 0.1) is 5.82 Å². The van der Waals surface area contributed by atoms with Gasteiger partial charge in [-0.2, -0.15) is 0 Å². The number of piperidine rings is 1. The van der Waals surface area contributed by atoms with E-state index >= 15 is 0 Å². The van der Waals surface area contributed by atoms with Crippen molar-refractivity contribution in [3.8, 4) is 0 Å². The first-order valence-electron chi connectivity index (χ1n) is 7.43. The van der Waals surface area contributed by atoms with Crippen LogP contribution in [0.2, 0.25) is 0 Å². The van der Waals surface area contributed by atoms with Crippen molar-refractivity contribution in [2.45, 2.75) is 18.8 Å². The van der Waals surface area contributed by atoms with Crippen molar-refractivity contribution in [3.05, 3.63) is 41.5 Å². The highest BCUT2D eigenvalue weighted by Crippen LogP contribution is 2.33. The molecule has 7 nitrogen and oxygen atoms in total. The fourth-order valence-corrected chi connectivity index (χ4v) is 3.02. The Morgan fingerprint density at radius 2 is 2.00 bits per heavy atom. The molecule has 1 saturated heterocycles. The van der Waals surface area contributed by atoms with Gasteiger partial charge in [0.25, 0.3) is 0 Å². The van der Waals surface area contributed by atoms with Gasteiger partial charge in [-0.15, -0.1) is 0 Å². The minimum absolute atomic E-state index is 0.0489. The molecule has 0 unspecified atom stereocenters. The van der Waals surface area contributed by atoms with E-state index in [9.17, 15) is 14.0 Å². The Bertz CT molecular complexity index is 821. The van der Waals surface area contributed by atoms with Crippen molar-refractivity contribution in [2.75, 3.05) is 13.1 Å². The molecule has 0 bridgehead atoms. The van der Waals surface area contributed by atoms with Crippen molar-refractivity contribution in [1.82, 2.24) is 10.1 Å². The Balaban J connectivity index is 1.77. The van der Waals surface area contributed by atoms with Crippen LogP contribution >= 0.6 is 0 Å². The van der Waals surface area contributed by atoms with E-state index in [-0.39, 0.29) is 11.6 Å². The van der Waals surface area contributed by atoms with Crippen molar-refractivity contribution in [3.63, 3.8) is 0 Å². The van der Waals surface area contributed by atoms with Crippen LogP contribution < -0.4 is 0 Å².